The molecule has 6 heteroatoms. The van der Waals surface area contributed by atoms with Crippen molar-refractivity contribution >= 4 is 0 Å². The van der Waals surface area contributed by atoms with Crippen LogP contribution in [0.5, 0.6) is 5.75 Å². The first-order valence-electron chi connectivity index (χ1n) is 9.67. The Labute approximate surface area is 157 Å². The van der Waals surface area contributed by atoms with Gasteiger partial charge in [0.05, 0.1) is 0 Å². The Hall–Kier alpha value is -1.59. The highest BCUT2D eigenvalue weighted by Crippen LogP contribution is 2.35. The van der Waals surface area contributed by atoms with Gasteiger partial charge in [-0.2, -0.15) is 0 Å². The molecule has 0 N–H and O–H groups in total. The van der Waals surface area contributed by atoms with Crippen molar-refractivity contribution in [2.75, 3.05) is 0 Å². The van der Waals surface area contributed by atoms with Crippen LogP contribution in [-0.2, 0) is 6.42 Å². The van der Waals surface area contributed by atoms with Crippen LogP contribution in [0, 0.1) is 23.5 Å². The summed E-state index contributed by atoms with van der Waals surface area (Å²) in [6, 6.07) is 1.88. The van der Waals surface area contributed by atoms with Gasteiger partial charge in [0.1, 0.15) is 0 Å². The lowest BCUT2D eigenvalue weighted by Crippen LogP contribution is -2.19. The molecule has 0 heterocycles. The van der Waals surface area contributed by atoms with Crippen molar-refractivity contribution < 1.29 is 26.7 Å². The molecular weight excluding hydrogens is 363 g/mol. The summed E-state index contributed by atoms with van der Waals surface area (Å²) in [5.41, 5.74) is 0.367. The summed E-state index contributed by atoms with van der Waals surface area (Å²) in [4.78, 5) is 0. The van der Waals surface area contributed by atoms with E-state index in [1.165, 1.54) is 19.3 Å². The summed E-state index contributed by atoms with van der Waals surface area (Å²) in [6.07, 6.45) is 8.49. The van der Waals surface area contributed by atoms with E-state index in [0.29, 0.717) is 17.9 Å². The molecule has 2 rings (SSSR count). The quantitative estimate of drug-likeness (QED) is 0.333. The second-order valence-electron chi connectivity index (χ2n) is 7.32. The van der Waals surface area contributed by atoms with Gasteiger partial charge in [-0.3, -0.25) is 0 Å². The molecule has 1 nitrogen and oxygen atoms in total. The van der Waals surface area contributed by atoms with Crippen LogP contribution in [0.15, 0.2) is 24.3 Å². The van der Waals surface area contributed by atoms with E-state index in [-0.39, 0.29) is 0 Å². The fourth-order valence-electron chi connectivity index (χ4n) is 3.77. The van der Waals surface area contributed by atoms with E-state index in [2.05, 4.69) is 23.8 Å². The van der Waals surface area contributed by atoms with Crippen LogP contribution in [0.3, 0.4) is 0 Å². The van der Waals surface area contributed by atoms with E-state index in [0.717, 1.165) is 50.2 Å². The Morgan fingerprint density at radius 1 is 0.963 bits per heavy atom. The zero-order valence-electron chi connectivity index (χ0n) is 15.6. The number of hydrogen-bond acceptors (Lipinski definition) is 1. The molecule has 1 aromatic carbocycles. The normalized spacial score (nSPS) is 21.0. The van der Waals surface area contributed by atoms with E-state index in [1.807, 2.05) is 0 Å². The Morgan fingerprint density at radius 3 is 2.04 bits per heavy atom. The van der Waals surface area contributed by atoms with E-state index in [1.54, 1.807) is 0 Å². The average molecular weight is 390 g/mol. The molecule has 1 aromatic rings. The maximum Gasteiger partial charge on any atom is 0.573 e. The predicted molar refractivity (Wildman–Crippen MR) is 95.5 cm³/mol. The third kappa shape index (κ3) is 7.51. The third-order valence-electron chi connectivity index (χ3n) is 5.23. The Kier molecular flexibility index (Phi) is 8.11. The van der Waals surface area contributed by atoms with Gasteiger partial charge in [0.2, 0.25) is 5.75 Å². The smallest absolute Gasteiger partial charge is 0.399 e. The molecule has 1 saturated carbocycles. The Morgan fingerprint density at radius 2 is 1.52 bits per heavy atom. The summed E-state index contributed by atoms with van der Waals surface area (Å²) in [5, 5.41) is 0. The molecule has 0 spiro atoms. The van der Waals surface area contributed by atoms with Crippen LogP contribution in [0.2, 0.25) is 0 Å². The van der Waals surface area contributed by atoms with Crippen molar-refractivity contribution in [1.29, 1.82) is 0 Å². The zero-order chi connectivity index (χ0) is 19.9. The second kappa shape index (κ2) is 10.1. The first kappa shape index (κ1) is 21.7. The molecular formula is C21H27F5O. The maximum absolute atomic E-state index is 13.8. The molecule has 0 saturated heterocycles. The summed E-state index contributed by atoms with van der Waals surface area (Å²) in [5.74, 6) is -2.76. The van der Waals surface area contributed by atoms with Gasteiger partial charge in [0, 0.05) is 0 Å². The highest BCUT2D eigenvalue weighted by atomic mass is 19.4. The predicted octanol–water partition coefficient (Wildman–Crippen LogP) is 7.35. The Bertz CT molecular complexity index is 592. The molecule has 0 atom stereocenters. The number of halogens is 5. The summed E-state index contributed by atoms with van der Waals surface area (Å²) >= 11 is 0. The largest absolute Gasteiger partial charge is 0.573 e. The summed E-state index contributed by atoms with van der Waals surface area (Å²) in [7, 11) is 0. The molecule has 0 aromatic heterocycles. The van der Waals surface area contributed by atoms with Crippen molar-refractivity contribution in [3.05, 3.63) is 41.5 Å². The average Bonchev–Trinajstić information content (AvgIpc) is 2.60. The molecule has 1 aliphatic rings. The van der Waals surface area contributed by atoms with Crippen molar-refractivity contribution in [3.8, 4) is 5.75 Å². The molecule has 27 heavy (non-hydrogen) atoms. The van der Waals surface area contributed by atoms with Gasteiger partial charge in [-0.05, 0) is 61.6 Å². The van der Waals surface area contributed by atoms with Gasteiger partial charge in [0.15, 0.2) is 11.6 Å². The fraction of sp³-hybridized carbons (Fsp3) is 0.619. The molecule has 1 aliphatic carbocycles. The zero-order valence-corrected chi connectivity index (χ0v) is 15.6. The Balaban J connectivity index is 1.80. The van der Waals surface area contributed by atoms with Crippen LogP contribution in [0.1, 0.15) is 63.9 Å². The number of benzene rings is 1. The fourth-order valence-corrected chi connectivity index (χ4v) is 3.77. The van der Waals surface area contributed by atoms with Gasteiger partial charge >= 0.3 is 6.36 Å². The minimum absolute atomic E-state index is 0.367. The lowest BCUT2D eigenvalue weighted by Gasteiger charge is -2.28. The number of allylic oxidation sites excluding steroid dienone is 2. The van der Waals surface area contributed by atoms with E-state index in [4.69, 9.17) is 0 Å². The molecule has 152 valence electrons. The minimum atomic E-state index is -5.12. The van der Waals surface area contributed by atoms with Gasteiger partial charge in [0.25, 0.3) is 0 Å². The summed E-state index contributed by atoms with van der Waals surface area (Å²) < 4.78 is 67.5. The van der Waals surface area contributed by atoms with E-state index >= 15 is 0 Å². The first-order chi connectivity index (χ1) is 12.8. The van der Waals surface area contributed by atoms with E-state index in [9.17, 15) is 22.0 Å². The van der Waals surface area contributed by atoms with Crippen LogP contribution < -0.4 is 4.74 Å². The van der Waals surface area contributed by atoms with E-state index < -0.39 is 23.7 Å². The highest BCUT2D eigenvalue weighted by Gasteiger charge is 2.34. The van der Waals surface area contributed by atoms with Crippen molar-refractivity contribution in [3.63, 3.8) is 0 Å². The molecule has 0 bridgehead atoms. The number of hydrogen-bond donors (Lipinski definition) is 0. The van der Waals surface area contributed by atoms with Crippen LogP contribution in [0.4, 0.5) is 22.0 Å². The molecule has 0 aliphatic heterocycles. The van der Waals surface area contributed by atoms with Gasteiger partial charge < -0.3 is 4.74 Å². The minimum Gasteiger partial charge on any atom is -0.399 e. The van der Waals surface area contributed by atoms with Crippen molar-refractivity contribution in [1.82, 2.24) is 0 Å². The van der Waals surface area contributed by atoms with Crippen LogP contribution >= 0.6 is 0 Å². The van der Waals surface area contributed by atoms with Crippen molar-refractivity contribution in [2.24, 2.45) is 11.8 Å². The van der Waals surface area contributed by atoms with Gasteiger partial charge in [-0.15, -0.1) is 13.2 Å². The number of alkyl halides is 3. The number of aryl methyl sites for hydroxylation is 1. The molecule has 0 amide bonds. The number of ether oxygens (including phenoxy) is 1. The second-order valence-corrected chi connectivity index (χ2v) is 7.32. The lowest BCUT2D eigenvalue weighted by atomic mass is 9.78. The number of rotatable bonds is 8. The maximum atomic E-state index is 13.8. The van der Waals surface area contributed by atoms with Crippen LogP contribution in [-0.4, -0.2) is 6.36 Å². The third-order valence-corrected chi connectivity index (χ3v) is 5.23. The molecule has 0 unspecified atom stereocenters. The lowest BCUT2D eigenvalue weighted by molar-refractivity contribution is -0.276. The van der Waals surface area contributed by atoms with Gasteiger partial charge in [-0.25, -0.2) is 8.78 Å². The highest BCUT2D eigenvalue weighted by molar-refractivity contribution is 5.31. The first-order valence-corrected chi connectivity index (χ1v) is 9.67. The monoisotopic (exact) mass is 390 g/mol. The van der Waals surface area contributed by atoms with Gasteiger partial charge in [-0.1, -0.05) is 44.8 Å². The summed E-state index contributed by atoms with van der Waals surface area (Å²) in [6.45, 7) is 2.12. The molecule has 0 radical (unpaired) electrons. The standard InChI is InChI=1S/C21H27F5O/c1-2-3-4-5-6-15-7-9-16(10-8-15)11-12-17-13-18(22)20(19(23)14-17)27-21(24,25)26/h3-4,13-16H,2,5-12H2,1H3/b4-3+/t15-,16-. The topological polar surface area (TPSA) is 9.23 Å². The van der Waals surface area contributed by atoms with Crippen LogP contribution in [0.25, 0.3) is 0 Å². The van der Waals surface area contributed by atoms with Crippen molar-refractivity contribution in [2.45, 2.75) is 71.1 Å². The molecule has 1 fully saturated rings. The SMILES string of the molecule is CC/C=C/CC[C@H]1CC[C@H](CCc2cc(F)c(OC(F)(F)F)c(F)c2)CC1.